The van der Waals surface area contributed by atoms with Crippen molar-refractivity contribution >= 4 is 11.0 Å². The monoisotopic (exact) mass is 282 g/mol. The topological polar surface area (TPSA) is 36.3 Å². The summed E-state index contributed by atoms with van der Waals surface area (Å²) < 4.78 is 13.0. The van der Waals surface area contributed by atoms with Crippen LogP contribution in [0.25, 0.3) is 11.0 Å². The van der Waals surface area contributed by atoms with Crippen LogP contribution in [0.1, 0.15) is 5.56 Å². The minimum Gasteiger partial charge on any atom is -0.497 e. The standard InChI is InChI=1S/C17H18N2O2/c1-20-15-8-6-14(7-9-15)12-21-11-10-19-13-18-16-4-2-3-5-17(16)19/h2-9,13H,10-12H2,1H3. The number of rotatable bonds is 6. The van der Waals surface area contributed by atoms with E-state index >= 15 is 0 Å². The van der Waals surface area contributed by atoms with Crippen molar-refractivity contribution in [3.63, 3.8) is 0 Å². The molecule has 0 atom stereocenters. The first-order valence-electron chi connectivity index (χ1n) is 6.97. The highest BCUT2D eigenvalue weighted by Gasteiger charge is 2.01. The van der Waals surface area contributed by atoms with E-state index in [0.717, 1.165) is 28.9 Å². The summed E-state index contributed by atoms with van der Waals surface area (Å²) in [5.74, 6) is 0.864. The Labute approximate surface area is 123 Å². The minimum absolute atomic E-state index is 0.608. The molecule has 1 aromatic heterocycles. The molecule has 3 rings (SSSR count). The van der Waals surface area contributed by atoms with Gasteiger partial charge in [0.15, 0.2) is 0 Å². The van der Waals surface area contributed by atoms with Gasteiger partial charge in [0, 0.05) is 6.54 Å². The summed E-state index contributed by atoms with van der Waals surface area (Å²) in [5, 5.41) is 0. The van der Waals surface area contributed by atoms with Crippen LogP contribution in [0.15, 0.2) is 54.9 Å². The predicted octanol–water partition coefficient (Wildman–Crippen LogP) is 3.26. The van der Waals surface area contributed by atoms with E-state index in [0.29, 0.717) is 13.2 Å². The van der Waals surface area contributed by atoms with Crippen molar-refractivity contribution in [2.24, 2.45) is 0 Å². The lowest BCUT2D eigenvalue weighted by Gasteiger charge is -2.07. The molecule has 1 heterocycles. The van der Waals surface area contributed by atoms with Gasteiger partial charge in [-0.15, -0.1) is 0 Å². The van der Waals surface area contributed by atoms with Crippen LogP contribution < -0.4 is 4.74 Å². The zero-order chi connectivity index (χ0) is 14.5. The number of hydrogen-bond donors (Lipinski definition) is 0. The molecular weight excluding hydrogens is 264 g/mol. The molecule has 0 aliphatic rings. The zero-order valence-corrected chi connectivity index (χ0v) is 12.0. The highest BCUT2D eigenvalue weighted by atomic mass is 16.5. The maximum absolute atomic E-state index is 5.73. The van der Waals surface area contributed by atoms with Crippen LogP contribution in [0.2, 0.25) is 0 Å². The molecule has 0 radical (unpaired) electrons. The highest BCUT2D eigenvalue weighted by molar-refractivity contribution is 5.74. The molecule has 0 bridgehead atoms. The van der Waals surface area contributed by atoms with Crippen molar-refractivity contribution in [1.29, 1.82) is 0 Å². The minimum atomic E-state index is 0.608. The third-order valence-corrected chi connectivity index (χ3v) is 3.43. The summed E-state index contributed by atoms with van der Waals surface area (Å²) in [6.07, 6.45) is 1.86. The largest absolute Gasteiger partial charge is 0.497 e. The van der Waals surface area contributed by atoms with Crippen LogP contribution in [0.5, 0.6) is 5.75 Å². The summed E-state index contributed by atoms with van der Waals surface area (Å²) in [6.45, 7) is 2.07. The average Bonchev–Trinajstić information content (AvgIpc) is 2.95. The number of methoxy groups -OCH3 is 1. The van der Waals surface area contributed by atoms with E-state index < -0.39 is 0 Å². The highest BCUT2D eigenvalue weighted by Crippen LogP contribution is 2.13. The average molecular weight is 282 g/mol. The zero-order valence-electron chi connectivity index (χ0n) is 12.0. The lowest BCUT2D eigenvalue weighted by molar-refractivity contribution is 0.114. The third kappa shape index (κ3) is 3.23. The molecule has 0 aliphatic carbocycles. The Balaban J connectivity index is 1.51. The fourth-order valence-corrected chi connectivity index (χ4v) is 2.26. The number of benzene rings is 2. The molecule has 0 saturated heterocycles. The summed E-state index contributed by atoms with van der Waals surface area (Å²) >= 11 is 0. The van der Waals surface area contributed by atoms with Crippen molar-refractivity contribution in [3.05, 3.63) is 60.4 Å². The molecule has 2 aromatic carbocycles. The maximum Gasteiger partial charge on any atom is 0.118 e. The van der Waals surface area contributed by atoms with Gasteiger partial charge in [0.1, 0.15) is 5.75 Å². The number of hydrogen-bond acceptors (Lipinski definition) is 3. The molecule has 3 aromatic rings. The molecule has 0 spiro atoms. The first-order valence-corrected chi connectivity index (χ1v) is 6.97. The Bertz CT molecular complexity index is 704. The Morgan fingerprint density at radius 3 is 2.67 bits per heavy atom. The second kappa shape index (κ2) is 6.41. The molecular formula is C17H18N2O2. The van der Waals surface area contributed by atoms with Gasteiger partial charge in [-0.05, 0) is 29.8 Å². The van der Waals surface area contributed by atoms with Crippen LogP contribution >= 0.6 is 0 Å². The summed E-state index contributed by atoms with van der Waals surface area (Å²) in [5.41, 5.74) is 3.31. The number of imidazole rings is 1. The van der Waals surface area contributed by atoms with Crippen LogP contribution in [-0.4, -0.2) is 23.3 Å². The fourth-order valence-electron chi connectivity index (χ4n) is 2.26. The maximum atomic E-state index is 5.73. The quantitative estimate of drug-likeness (QED) is 0.651. The van der Waals surface area contributed by atoms with Gasteiger partial charge in [-0.2, -0.15) is 0 Å². The smallest absolute Gasteiger partial charge is 0.118 e. The van der Waals surface area contributed by atoms with Gasteiger partial charge in [-0.3, -0.25) is 0 Å². The van der Waals surface area contributed by atoms with E-state index in [1.54, 1.807) is 7.11 Å². The SMILES string of the molecule is COc1ccc(COCCn2cnc3ccccc32)cc1. The third-order valence-electron chi connectivity index (χ3n) is 3.43. The number of fused-ring (bicyclic) bond motifs is 1. The molecule has 108 valence electrons. The van der Waals surface area contributed by atoms with E-state index in [1.165, 1.54) is 0 Å². The van der Waals surface area contributed by atoms with Gasteiger partial charge >= 0.3 is 0 Å². The first kappa shape index (κ1) is 13.6. The number of para-hydroxylation sites is 2. The van der Waals surface area contributed by atoms with Gasteiger partial charge in [0.05, 0.1) is 37.7 Å². The molecule has 21 heavy (non-hydrogen) atoms. The Kier molecular flexibility index (Phi) is 4.17. The van der Waals surface area contributed by atoms with Crippen LogP contribution in [0.3, 0.4) is 0 Å². The van der Waals surface area contributed by atoms with Gasteiger partial charge in [-0.1, -0.05) is 24.3 Å². The van der Waals surface area contributed by atoms with Gasteiger partial charge in [0.25, 0.3) is 0 Å². The summed E-state index contributed by atoms with van der Waals surface area (Å²) in [7, 11) is 1.67. The van der Waals surface area contributed by atoms with Gasteiger partial charge < -0.3 is 14.0 Å². The Morgan fingerprint density at radius 2 is 1.86 bits per heavy atom. The number of nitrogens with zero attached hydrogens (tertiary/aromatic N) is 2. The van der Waals surface area contributed by atoms with Crippen molar-refractivity contribution < 1.29 is 9.47 Å². The lowest BCUT2D eigenvalue weighted by Crippen LogP contribution is -2.05. The van der Waals surface area contributed by atoms with E-state index in [-0.39, 0.29) is 0 Å². The predicted molar refractivity (Wildman–Crippen MR) is 82.4 cm³/mol. The summed E-state index contributed by atoms with van der Waals surface area (Å²) in [4.78, 5) is 4.37. The van der Waals surface area contributed by atoms with Crippen molar-refractivity contribution in [2.75, 3.05) is 13.7 Å². The molecule has 0 amide bonds. The molecule has 0 fully saturated rings. The van der Waals surface area contributed by atoms with Gasteiger partial charge in [0.2, 0.25) is 0 Å². The lowest BCUT2D eigenvalue weighted by atomic mass is 10.2. The van der Waals surface area contributed by atoms with E-state index in [2.05, 4.69) is 15.6 Å². The second-order valence-corrected chi connectivity index (χ2v) is 4.83. The Hall–Kier alpha value is -2.33. The van der Waals surface area contributed by atoms with Crippen LogP contribution in [0.4, 0.5) is 0 Å². The van der Waals surface area contributed by atoms with Gasteiger partial charge in [-0.25, -0.2) is 4.98 Å². The van der Waals surface area contributed by atoms with Crippen molar-refractivity contribution in [3.8, 4) is 5.75 Å². The fraction of sp³-hybridized carbons (Fsp3) is 0.235. The van der Waals surface area contributed by atoms with E-state index in [1.807, 2.05) is 48.8 Å². The molecule has 0 saturated carbocycles. The molecule has 4 nitrogen and oxygen atoms in total. The molecule has 4 heteroatoms. The number of aromatic nitrogens is 2. The number of ether oxygens (including phenoxy) is 2. The van der Waals surface area contributed by atoms with Crippen LogP contribution in [-0.2, 0) is 17.9 Å². The molecule has 0 unspecified atom stereocenters. The summed E-state index contributed by atoms with van der Waals surface area (Å²) in [6, 6.07) is 16.1. The first-order chi connectivity index (χ1) is 10.4. The van der Waals surface area contributed by atoms with Crippen molar-refractivity contribution in [1.82, 2.24) is 9.55 Å². The van der Waals surface area contributed by atoms with E-state index in [4.69, 9.17) is 9.47 Å². The Morgan fingerprint density at radius 1 is 1.05 bits per heavy atom. The van der Waals surface area contributed by atoms with Crippen molar-refractivity contribution in [2.45, 2.75) is 13.2 Å². The second-order valence-electron chi connectivity index (χ2n) is 4.83. The van der Waals surface area contributed by atoms with Crippen LogP contribution in [0, 0.1) is 0 Å². The molecule has 0 N–H and O–H groups in total. The normalized spacial score (nSPS) is 10.9. The van der Waals surface area contributed by atoms with E-state index in [9.17, 15) is 0 Å². The molecule has 0 aliphatic heterocycles.